The summed E-state index contributed by atoms with van der Waals surface area (Å²) in [6.07, 6.45) is 4.72. The summed E-state index contributed by atoms with van der Waals surface area (Å²) in [7, 11) is 0. The van der Waals surface area contributed by atoms with Gasteiger partial charge in [-0.2, -0.15) is 0 Å². The van der Waals surface area contributed by atoms with E-state index in [9.17, 15) is 9.90 Å². The Kier molecular flexibility index (Phi) is 5.62. The number of aromatic nitrogens is 1. The fourth-order valence-corrected chi connectivity index (χ4v) is 5.93. The number of carbonyl (C=O) groups is 1. The highest BCUT2D eigenvalue weighted by Crippen LogP contribution is 2.35. The topological polar surface area (TPSA) is 65.5 Å². The lowest BCUT2D eigenvalue weighted by atomic mass is 9.74. The first-order valence-corrected chi connectivity index (χ1v) is 11.2. The van der Waals surface area contributed by atoms with Crippen molar-refractivity contribution >= 4 is 16.8 Å². The molecule has 0 spiro atoms. The second-order valence-electron chi connectivity index (χ2n) is 10.7. The molecule has 2 fully saturated rings. The summed E-state index contributed by atoms with van der Waals surface area (Å²) in [6, 6.07) is 10.2. The van der Waals surface area contributed by atoms with Gasteiger partial charge in [0.25, 0.3) is 0 Å². The number of aliphatic hydroxyl groups excluding tert-OH is 1. The standard InChI is InChI=1S/C25H35N3O2/c1-24(2)13-17(14-25(3,4)27-24)11-23(30)28-15-19(22(29)16-28)12-18-9-10-26-21-8-6-5-7-20(18)21/h5-10,17,19,22,27,29H,11-16H2,1-4H3/t19-,22+/m1/s1. The minimum atomic E-state index is -0.471. The normalized spacial score (nSPS) is 26.2. The van der Waals surface area contributed by atoms with Crippen LogP contribution in [0.4, 0.5) is 0 Å². The number of pyridine rings is 1. The van der Waals surface area contributed by atoms with Gasteiger partial charge in [0.2, 0.25) is 5.91 Å². The van der Waals surface area contributed by atoms with Crippen LogP contribution in [0.1, 0.15) is 52.5 Å². The first-order chi connectivity index (χ1) is 14.1. The average molecular weight is 410 g/mol. The molecular formula is C25H35N3O2. The molecule has 4 rings (SSSR count). The van der Waals surface area contributed by atoms with Gasteiger partial charge in [0.1, 0.15) is 0 Å². The molecule has 2 aliphatic rings. The van der Waals surface area contributed by atoms with Crippen molar-refractivity contribution in [2.45, 2.75) is 70.6 Å². The van der Waals surface area contributed by atoms with Gasteiger partial charge in [0.05, 0.1) is 11.6 Å². The van der Waals surface area contributed by atoms with Crippen LogP contribution < -0.4 is 5.32 Å². The highest BCUT2D eigenvalue weighted by Gasteiger charge is 2.40. The molecule has 3 heterocycles. The van der Waals surface area contributed by atoms with Gasteiger partial charge in [-0.3, -0.25) is 9.78 Å². The Labute approximate surface area is 179 Å². The molecule has 5 nitrogen and oxygen atoms in total. The molecule has 0 saturated carbocycles. The Bertz CT molecular complexity index is 902. The van der Waals surface area contributed by atoms with Crippen LogP contribution >= 0.6 is 0 Å². The zero-order valence-corrected chi connectivity index (χ0v) is 18.7. The predicted octanol–water partition coefficient (Wildman–Crippen LogP) is 3.54. The number of para-hydroxylation sites is 1. The third-order valence-electron chi connectivity index (χ3n) is 6.72. The lowest BCUT2D eigenvalue weighted by Gasteiger charge is -2.46. The monoisotopic (exact) mass is 409 g/mol. The fraction of sp³-hybridized carbons (Fsp3) is 0.600. The largest absolute Gasteiger partial charge is 0.391 e. The number of hydrogen-bond donors (Lipinski definition) is 2. The number of benzene rings is 1. The first-order valence-electron chi connectivity index (χ1n) is 11.2. The van der Waals surface area contributed by atoms with E-state index in [0.717, 1.165) is 30.2 Å². The molecule has 30 heavy (non-hydrogen) atoms. The maximum Gasteiger partial charge on any atom is 0.222 e. The molecule has 2 aromatic rings. The summed E-state index contributed by atoms with van der Waals surface area (Å²) in [5, 5.41) is 15.5. The number of nitrogens with zero attached hydrogens (tertiary/aromatic N) is 2. The summed E-state index contributed by atoms with van der Waals surface area (Å²) in [5.74, 6) is 0.638. The summed E-state index contributed by atoms with van der Waals surface area (Å²) >= 11 is 0. The molecule has 0 aliphatic carbocycles. The van der Waals surface area contributed by atoms with E-state index >= 15 is 0 Å². The highest BCUT2D eigenvalue weighted by atomic mass is 16.3. The minimum Gasteiger partial charge on any atom is -0.391 e. The molecule has 0 unspecified atom stereocenters. The smallest absolute Gasteiger partial charge is 0.222 e. The molecule has 162 valence electrons. The zero-order valence-electron chi connectivity index (χ0n) is 18.7. The molecule has 2 aliphatic heterocycles. The van der Waals surface area contributed by atoms with Crippen LogP contribution in [0.5, 0.6) is 0 Å². The maximum atomic E-state index is 13.1. The van der Waals surface area contributed by atoms with Gasteiger partial charge in [-0.1, -0.05) is 18.2 Å². The molecule has 0 radical (unpaired) electrons. The van der Waals surface area contributed by atoms with E-state index in [1.807, 2.05) is 35.4 Å². The number of carbonyl (C=O) groups excluding carboxylic acids is 1. The lowest BCUT2D eigenvalue weighted by Crippen LogP contribution is -2.58. The number of piperidine rings is 1. The molecule has 0 bridgehead atoms. The van der Waals surface area contributed by atoms with Gasteiger partial charge in [-0.25, -0.2) is 0 Å². The second kappa shape index (κ2) is 7.93. The van der Waals surface area contributed by atoms with Crippen LogP contribution in [0.3, 0.4) is 0 Å². The first kappa shape index (κ1) is 21.3. The summed E-state index contributed by atoms with van der Waals surface area (Å²) in [4.78, 5) is 19.4. The predicted molar refractivity (Wildman–Crippen MR) is 120 cm³/mol. The van der Waals surface area contributed by atoms with Gasteiger partial charge < -0.3 is 15.3 Å². The van der Waals surface area contributed by atoms with Crippen molar-refractivity contribution in [2.75, 3.05) is 13.1 Å². The molecule has 5 heteroatoms. The van der Waals surface area contributed by atoms with Crippen LogP contribution in [0.2, 0.25) is 0 Å². The van der Waals surface area contributed by atoms with E-state index in [1.54, 1.807) is 0 Å². The van der Waals surface area contributed by atoms with Crippen molar-refractivity contribution in [1.29, 1.82) is 0 Å². The summed E-state index contributed by atoms with van der Waals surface area (Å²) in [6.45, 7) is 9.97. The van der Waals surface area contributed by atoms with Crippen molar-refractivity contribution in [3.8, 4) is 0 Å². The van der Waals surface area contributed by atoms with E-state index in [0.29, 0.717) is 25.4 Å². The lowest BCUT2D eigenvalue weighted by molar-refractivity contribution is -0.132. The number of hydrogen-bond acceptors (Lipinski definition) is 4. The van der Waals surface area contributed by atoms with Crippen LogP contribution in [-0.4, -0.2) is 51.2 Å². The van der Waals surface area contributed by atoms with E-state index in [-0.39, 0.29) is 22.9 Å². The minimum absolute atomic E-state index is 0.0438. The van der Waals surface area contributed by atoms with Gasteiger partial charge in [-0.15, -0.1) is 0 Å². The SMILES string of the molecule is CC1(C)CC(CC(=O)N2C[C@@H](Cc3ccnc4ccccc34)[C@@H](O)C2)CC(C)(C)N1. The Morgan fingerprint density at radius 2 is 1.83 bits per heavy atom. The van der Waals surface area contributed by atoms with Crippen molar-refractivity contribution in [3.05, 3.63) is 42.1 Å². The Morgan fingerprint density at radius 3 is 2.57 bits per heavy atom. The summed E-state index contributed by atoms with van der Waals surface area (Å²) < 4.78 is 0. The number of likely N-dealkylation sites (tertiary alicyclic amines) is 1. The molecule has 1 aromatic carbocycles. The molecule has 2 atom stereocenters. The van der Waals surface area contributed by atoms with Gasteiger partial charge in [-0.05, 0) is 70.6 Å². The second-order valence-corrected chi connectivity index (χ2v) is 10.7. The van der Waals surface area contributed by atoms with E-state index in [2.05, 4.69) is 44.1 Å². The molecular weight excluding hydrogens is 374 g/mol. The van der Waals surface area contributed by atoms with Crippen molar-refractivity contribution in [3.63, 3.8) is 0 Å². The van der Waals surface area contributed by atoms with Gasteiger partial charge >= 0.3 is 0 Å². The molecule has 2 saturated heterocycles. The maximum absolute atomic E-state index is 13.1. The Balaban J connectivity index is 1.41. The van der Waals surface area contributed by atoms with Crippen LogP contribution in [0, 0.1) is 11.8 Å². The quantitative estimate of drug-likeness (QED) is 0.811. The van der Waals surface area contributed by atoms with Crippen LogP contribution in [0.15, 0.2) is 36.5 Å². The number of amides is 1. The number of aliphatic hydroxyl groups is 1. The Hall–Kier alpha value is -1.98. The van der Waals surface area contributed by atoms with Crippen molar-refractivity contribution in [2.24, 2.45) is 11.8 Å². The Morgan fingerprint density at radius 1 is 1.13 bits per heavy atom. The van der Waals surface area contributed by atoms with Crippen molar-refractivity contribution < 1.29 is 9.90 Å². The number of β-amino-alcohol motifs (C(OH)–C–C–N with tert-alkyl or cyclic N) is 1. The molecule has 2 N–H and O–H groups in total. The van der Waals surface area contributed by atoms with Crippen LogP contribution in [0.25, 0.3) is 10.9 Å². The van der Waals surface area contributed by atoms with E-state index < -0.39 is 6.10 Å². The average Bonchev–Trinajstić information content (AvgIpc) is 3.00. The molecule has 1 amide bonds. The van der Waals surface area contributed by atoms with Gasteiger partial charge in [0, 0.05) is 48.1 Å². The van der Waals surface area contributed by atoms with E-state index in [4.69, 9.17) is 0 Å². The summed E-state index contributed by atoms with van der Waals surface area (Å²) in [5.41, 5.74) is 2.26. The molecule has 1 aromatic heterocycles. The number of rotatable bonds is 4. The number of nitrogens with one attached hydrogen (secondary N) is 1. The zero-order chi connectivity index (χ0) is 21.5. The third-order valence-corrected chi connectivity index (χ3v) is 6.72. The van der Waals surface area contributed by atoms with Crippen molar-refractivity contribution in [1.82, 2.24) is 15.2 Å². The number of fused-ring (bicyclic) bond motifs is 1. The van der Waals surface area contributed by atoms with Gasteiger partial charge in [0.15, 0.2) is 0 Å². The van der Waals surface area contributed by atoms with Crippen LogP contribution in [-0.2, 0) is 11.2 Å². The third kappa shape index (κ3) is 4.68. The fourth-order valence-electron chi connectivity index (χ4n) is 5.93. The van der Waals surface area contributed by atoms with E-state index in [1.165, 1.54) is 5.56 Å². The highest BCUT2D eigenvalue weighted by molar-refractivity contribution is 5.82.